The molecule has 0 saturated heterocycles. The van der Waals surface area contributed by atoms with Crippen molar-refractivity contribution in [3.05, 3.63) is 89.7 Å². The molecule has 1 unspecified atom stereocenters. The van der Waals surface area contributed by atoms with E-state index >= 15 is 0 Å². The Kier molecular flexibility index (Phi) is 6.67. The van der Waals surface area contributed by atoms with Crippen LogP contribution >= 0.6 is 11.8 Å². The number of benzene rings is 3. The minimum atomic E-state index is -0.386. The SMILES string of the molecule is Cc1ccc(NC(=O)C(C)Sc2ccc(NC(=O)c3ccc(F)cc3)cc2)cc1. The van der Waals surface area contributed by atoms with Crippen molar-refractivity contribution < 1.29 is 14.0 Å². The fourth-order valence-corrected chi connectivity index (χ4v) is 3.43. The number of hydrogen-bond acceptors (Lipinski definition) is 3. The fourth-order valence-electron chi connectivity index (χ4n) is 2.56. The van der Waals surface area contributed by atoms with Gasteiger partial charge in [-0.2, -0.15) is 0 Å². The highest BCUT2D eigenvalue weighted by atomic mass is 32.2. The van der Waals surface area contributed by atoms with Gasteiger partial charge in [-0.05, 0) is 74.5 Å². The lowest BCUT2D eigenvalue weighted by atomic mass is 10.2. The van der Waals surface area contributed by atoms with Gasteiger partial charge in [-0.1, -0.05) is 17.7 Å². The number of aryl methyl sites for hydroxylation is 1. The zero-order valence-corrected chi connectivity index (χ0v) is 16.9. The highest BCUT2D eigenvalue weighted by molar-refractivity contribution is 8.00. The van der Waals surface area contributed by atoms with Crippen LogP contribution in [0.5, 0.6) is 0 Å². The Labute approximate surface area is 173 Å². The van der Waals surface area contributed by atoms with E-state index in [2.05, 4.69) is 10.6 Å². The van der Waals surface area contributed by atoms with Gasteiger partial charge in [-0.3, -0.25) is 9.59 Å². The molecular weight excluding hydrogens is 387 g/mol. The van der Waals surface area contributed by atoms with Crippen LogP contribution in [0.15, 0.2) is 77.7 Å². The van der Waals surface area contributed by atoms with E-state index in [0.717, 1.165) is 16.1 Å². The molecule has 3 aromatic carbocycles. The zero-order chi connectivity index (χ0) is 20.8. The highest BCUT2D eigenvalue weighted by Gasteiger charge is 2.15. The predicted octanol–water partition coefficient (Wildman–Crippen LogP) is 5.51. The van der Waals surface area contributed by atoms with Crippen molar-refractivity contribution in [2.45, 2.75) is 24.0 Å². The Bertz CT molecular complexity index is 987. The fraction of sp³-hybridized carbons (Fsp3) is 0.130. The first kappa shape index (κ1) is 20.6. The van der Waals surface area contributed by atoms with Gasteiger partial charge < -0.3 is 10.6 Å². The lowest BCUT2D eigenvalue weighted by Crippen LogP contribution is -2.22. The predicted molar refractivity (Wildman–Crippen MR) is 116 cm³/mol. The Hall–Kier alpha value is -3.12. The summed E-state index contributed by atoms with van der Waals surface area (Å²) in [5.74, 6) is -0.771. The van der Waals surface area contributed by atoms with Gasteiger partial charge >= 0.3 is 0 Å². The van der Waals surface area contributed by atoms with Crippen molar-refractivity contribution in [3.63, 3.8) is 0 Å². The number of halogens is 1. The van der Waals surface area contributed by atoms with E-state index in [0.29, 0.717) is 11.3 Å². The van der Waals surface area contributed by atoms with E-state index in [9.17, 15) is 14.0 Å². The molecule has 6 heteroatoms. The van der Waals surface area contributed by atoms with Gasteiger partial charge in [-0.15, -0.1) is 11.8 Å². The normalized spacial score (nSPS) is 11.6. The summed E-state index contributed by atoms with van der Waals surface area (Å²) in [7, 11) is 0. The molecule has 1 atom stereocenters. The largest absolute Gasteiger partial charge is 0.325 e. The maximum atomic E-state index is 13.0. The second kappa shape index (κ2) is 9.39. The number of anilines is 2. The number of nitrogens with one attached hydrogen (secondary N) is 2. The van der Waals surface area contributed by atoms with Gasteiger partial charge in [0, 0.05) is 21.8 Å². The first-order valence-electron chi connectivity index (χ1n) is 9.12. The summed E-state index contributed by atoms with van der Waals surface area (Å²) < 4.78 is 13.0. The second-order valence-electron chi connectivity index (χ2n) is 6.60. The summed E-state index contributed by atoms with van der Waals surface area (Å²) in [6.07, 6.45) is 0. The van der Waals surface area contributed by atoms with Crippen LogP contribution in [-0.4, -0.2) is 17.1 Å². The highest BCUT2D eigenvalue weighted by Crippen LogP contribution is 2.26. The molecule has 3 aromatic rings. The molecule has 0 radical (unpaired) electrons. The van der Waals surface area contributed by atoms with E-state index in [4.69, 9.17) is 0 Å². The van der Waals surface area contributed by atoms with Crippen LogP contribution in [0.25, 0.3) is 0 Å². The van der Waals surface area contributed by atoms with Crippen LogP contribution < -0.4 is 10.6 Å². The van der Waals surface area contributed by atoms with E-state index in [1.165, 1.54) is 36.0 Å². The summed E-state index contributed by atoms with van der Waals surface area (Å²) in [5, 5.41) is 5.39. The molecule has 0 fully saturated rings. The number of thioether (sulfide) groups is 1. The van der Waals surface area contributed by atoms with Crippen LogP contribution in [0, 0.1) is 12.7 Å². The molecule has 0 heterocycles. The smallest absolute Gasteiger partial charge is 0.255 e. The van der Waals surface area contributed by atoms with Gasteiger partial charge in [0.1, 0.15) is 5.82 Å². The maximum absolute atomic E-state index is 13.0. The topological polar surface area (TPSA) is 58.2 Å². The third-order valence-corrected chi connectivity index (χ3v) is 5.33. The molecule has 0 spiro atoms. The van der Waals surface area contributed by atoms with E-state index < -0.39 is 0 Å². The standard InChI is InChI=1S/C23H21FN2O2S/c1-15-3-9-19(10-4-15)25-22(27)16(2)29-21-13-11-20(12-14-21)26-23(28)17-5-7-18(24)8-6-17/h3-14,16H,1-2H3,(H,25,27)(H,26,28). The molecular formula is C23H21FN2O2S. The molecule has 0 aliphatic heterocycles. The Morgan fingerprint density at radius 2 is 1.38 bits per heavy atom. The summed E-state index contributed by atoms with van der Waals surface area (Å²) in [6.45, 7) is 3.84. The Morgan fingerprint density at radius 1 is 0.828 bits per heavy atom. The van der Waals surface area contributed by atoms with Crippen LogP contribution in [0.4, 0.5) is 15.8 Å². The molecule has 2 N–H and O–H groups in total. The molecule has 0 aromatic heterocycles. The van der Waals surface area contributed by atoms with Crippen molar-refractivity contribution >= 4 is 35.0 Å². The van der Waals surface area contributed by atoms with E-state index in [-0.39, 0.29) is 22.9 Å². The number of rotatable bonds is 6. The Morgan fingerprint density at radius 3 is 2.00 bits per heavy atom. The van der Waals surface area contributed by atoms with Gasteiger partial charge in [0.2, 0.25) is 5.91 Å². The first-order chi connectivity index (χ1) is 13.9. The van der Waals surface area contributed by atoms with Gasteiger partial charge in [-0.25, -0.2) is 4.39 Å². The van der Waals surface area contributed by atoms with Crippen LogP contribution in [0.3, 0.4) is 0 Å². The molecule has 148 valence electrons. The quantitative estimate of drug-likeness (QED) is 0.529. The third-order valence-electron chi connectivity index (χ3n) is 4.22. The number of carbonyl (C=O) groups excluding carboxylic acids is 2. The lowest BCUT2D eigenvalue weighted by Gasteiger charge is -2.13. The summed E-state index contributed by atoms with van der Waals surface area (Å²) >= 11 is 1.43. The van der Waals surface area contributed by atoms with Crippen molar-refractivity contribution in [3.8, 4) is 0 Å². The molecule has 0 aliphatic rings. The van der Waals surface area contributed by atoms with Gasteiger partial charge in [0.25, 0.3) is 5.91 Å². The van der Waals surface area contributed by atoms with E-state index in [1.54, 1.807) is 12.1 Å². The van der Waals surface area contributed by atoms with Crippen molar-refractivity contribution in [2.75, 3.05) is 10.6 Å². The van der Waals surface area contributed by atoms with E-state index in [1.807, 2.05) is 50.2 Å². The second-order valence-corrected chi connectivity index (χ2v) is 8.01. The third kappa shape index (κ3) is 5.93. The summed E-state index contributed by atoms with van der Waals surface area (Å²) in [4.78, 5) is 25.5. The minimum Gasteiger partial charge on any atom is -0.325 e. The number of amides is 2. The average molecular weight is 408 g/mol. The van der Waals surface area contributed by atoms with Crippen molar-refractivity contribution in [1.82, 2.24) is 0 Å². The van der Waals surface area contributed by atoms with Gasteiger partial charge in [0.05, 0.1) is 5.25 Å². The molecule has 0 aliphatic carbocycles. The Balaban J connectivity index is 1.55. The van der Waals surface area contributed by atoms with Crippen LogP contribution in [-0.2, 0) is 4.79 Å². The molecule has 0 bridgehead atoms. The number of hydrogen-bond donors (Lipinski definition) is 2. The zero-order valence-electron chi connectivity index (χ0n) is 16.1. The van der Waals surface area contributed by atoms with Crippen LogP contribution in [0.1, 0.15) is 22.8 Å². The summed E-state index contributed by atoms with van der Waals surface area (Å²) in [5.41, 5.74) is 2.91. The first-order valence-corrected chi connectivity index (χ1v) is 10.00. The molecule has 29 heavy (non-hydrogen) atoms. The molecule has 0 saturated carbocycles. The average Bonchev–Trinajstić information content (AvgIpc) is 2.71. The monoisotopic (exact) mass is 408 g/mol. The molecule has 2 amide bonds. The molecule has 3 rings (SSSR count). The van der Waals surface area contributed by atoms with Crippen LogP contribution in [0.2, 0.25) is 0 Å². The summed E-state index contributed by atoms with van der Waals surface area (Å²) in [6, 6.07) is 20.3. The number of carbonyl (C=O) groups is 2. The van der Waals surface area contributed by atoms with Crippen molar-refractivity contribution in [2.24, 2.45) is 0 Å². The van der Waals surface area contributed by atoms with Crippen molar-refractivity contribution in [1.29, 1.82) is 0 Å². The minimum absolute atomic E-state index is 0.0763. The van der Waals surface area contributed by atoms with Gasteiger partial charge in [0.15, 0.2) is 0 Å². The lowest BCUT2D eigenvalue weighted by molar-refractivity contribution is -0.115. The maximum Gasteiger partial charge on any atom is 0.255 e. The molecule has 4 nitrogen and oxygen atoms in total.